The molecule has 0 radical (unpaired) electrons. The minimum absolute atomic E-state index is 0.0979. The van der Waals surface area contributed by atoms with E-state index in [4.69, 9.17) is 9.47 Å². The van der Waals surface area contributed by atoms with Gasteiger partial charge in [-0.25, -0.2) is 0 Å². The van der Waals surface area contributed by atoms with Gasteiger partial charge in [-0.05, 0) is 41.5 Å². The fourth-order valence-electron chi connectivity index (χ4n) is 4.05. The number of aliphatic hydroxyl groups excluding tert-OH is 1. The summed E-state index contributed by atoms with van der Waals surface area (Å²) in [4.78, 5) is 27.7. The molecule has 1 unspecified atom stereocenters. The van der Waals surface area contributed by atoms with E-state index < -0.39 is 17.7 Å². The fraction of sp³-hybridized carbons (Fsp3) is 0.429. The molecule has 0 saturated carbocycles. The highest BCUT2D eigenvalue weighted by Gasteiger charge is 2.45. The number of hydrogen-bond acceptors (Lipinski definition) is 5. The summed E-state index contributed by atoms with van der Waals surface area (Å²) in [7, 11) is 1.60. The average molecular weight is 466 g/mol. The van der Waals surface area contributed by atoms with Crippen molar-refractivity contribution in [2.45, 2.75) is 46.1 Å². The Hall–Kier alpha value is -3.12. The van der Waals surface area contributed by atoms with Crippen LogP contribution in [0.3, 0.4) is 0 Å². The number of benzene rings is 2. The predicted octanol–water partition coefficient (Wildman–Crippen LogP) is 5.30. The van der Waals surface area contributed by atoms with E-state index in [-0.39, 0.29) is 11.3 Å². The molecule has 1 saturated heterocycles. The van der Waals surface area contributed by atoms with Gasteiger partial charge in [0, 0.05) is 25.8 Å². The van der Waals surface area contributed by atoms with Gasteiger partial charge in [0.25, 0.3) is 11.7 Å². The Kier molecular flexibility index (Phi) is 8.51. The van der Waals surface area contributed by atoms with Gasteiger partial charge in [-0.2, -0.15) is 0 Å². The number of hydrogen-bond donors (Lipinski definition) is 1. The summed E-state index contributed by atoms with van der Waals surface area (Å²) in [6, 6.07) is 14.2. The molecule has 0 aliphatic carbocycles. The zero-order valence-electron chi connectivity index (χ0n) is 20.7. The topological polar surface area (TPSA) is 76.1 Å². The molecule has 2 aromatic carbocycles. The van der Waals surface area contributed by atoms with E-state index in [0.717, 1.165) is 11.1 Å². The van der Waals surface area contributed by atoms with Crippen molar-refractivity contribution in [3.8, 4) is 5.75 Å². The molecular weight excluding hydrogens is 430 g/mol. The largest absolute Gasteiger partial charge is 0.507 e. The molecule has 6 heteroatoms. The molecule has 0 aromatic heterocycles. The first-order valence-electron chi connectivity index (χ1n) is 11.8. The van der Waals surface area contributed by atoms with Crippen molar-refractivity contribution in [3.63, 3.8) is 0 Å². The second-order valence-electron chi connectivity index (χ2n) is 9.39. The average Bonchev–Trinajstić information content (AvgIpc) is 3.07. The quantitative estimate of drug-likeness (QED) is 0.223. The number of likely N-dealkylation sites (tertiary alicyclic amines) is 1. The highest BCUT2D eigenvalue weighted by Crippen LogP contribution is 2.40. The minimum Gasteiger partial charge on any atom is -0.507 e. The molecule has 0 spiro atoms. The second kappa shape index (κ2) is 11.3. The van der Waals surface area contributed by atoms with Crippen LogP contribution in [0.4, 0.5) is 0 Å². The number of ether oxygens (including phenoxy) is 2. The molecule has 34 heavy (non-hydrogen) atoms. The summed E-state index contributed by atoms with van der Waals surface area (Å²) in [6.45, 7) is 9.69. The molecular formula is C28H35NO5. The van der Waals surface area contributed by atoms with Gasteiger partial charge in [0.1, 0.15) is 11.5 Å². The lowest BCUT2D eigenvalue weighted by atomic mass is 9.93. The monoisotopic (exact) mass is 465 g/mol. The van der Waals surface area contributed by atoms with Crippen molar-refractivity contribution in [2.24, 2.45) is 5.92 Å². The maximum Gasteiger partial charge on any atom is 0.295 e. The number of carbonyl (C=O) groups is 2. The summed E-state index contributed by atoms with van der Waals surface area (Å²) in [5.74, 6) is -0.172. The maximum absolute atomic E-state index is 13.2. The van der Waals surface area contributed by atoms with E-state index in [1.54, 1.807) is 25.3 Å². The van der Waals surface area contributed by atoms with Crippen LogP contribution in [0, 0.1) is 5.92 Å². The number of amides is 1. The zero-order valence-corrected chi connectivity index (χ0v) is 20.7. The number of aliphatic hydroxyl groups is 1. The minimum atomic E-state index is -0.679. The highest BCUT2D eigenvalue weighted by atomic mass is 16.5. The van der Waals surface area contributed by atoms with E-state index in [2.05, 4.69) is 27.7 Å². The van der Waals surface area contributed by atoms with Gasteiger partial charge in [0.15, 0.2) is 0 Å². The molecule has 1 aliphatic heterocycles. The Morgan fingerprint density at radius 1 is 1.06 bits per heavy atom. The molecule has 1 aliphatic rings. The fourth-order valence-corrected chi connectivity index (χ4v) is 4.05. The van der Waals surface area contributed by atoms with Crippen LogP contribution in [0.25, 0.3) is 5.76 Å². The van der Waals surface area contributed by atoms with Gasteiger partial charge in [-0.1, -0.05) is 64.1 Å². The van der Waals surface area contributed by atoms with Gasteiger partial charge in [-0.3, -0.25) is 9.59 Å². The van der Waals surface area contributed by atoms with Crippen LogP contribution in [0.2, 0.25) is 0 Å². The first-order chi connectivity index (χ1) is 16.2. The number of methoxy groups -OCH3 is 1. The lowest BCUT2D eigenvalue weighted by Gasteiger charge is -2.25. The number of rotatable bonds is 10. The van der Waals surface area contributed by atoms with Crippen LogP contribution in [0.15, 0.2) is 54.1 Å². The molecule has 6 nitrogen and oxygen atoms in total. The van der Waals surface area contributed by atoms with Crippen LogP contribution in [0.5, 0.6) is 5.75 Å². The van der Waals surface area contributed by atoms with Crippen molar-refractivity contribution < 1.29 is 24.2 Å². The lowest BCUT2D eigenvalue weighted by Crippen LogP contribution is -2.31. The Morgan fingerprint density at radius 3 is 2.38 bits per heavy atom. The molecule has 3 rings (SSSR count). The number of Topliss-reactive ketones (excluding diaryl/α,β-unsaturated/α-hetero) is 1. The van der Waals surface area contributed by atoms with Gasteiger partial charge in [-0.15, -0.1) is 0 Å². The van der Waals surface area contributed by atoms with E-state index >= 15 is 0 Å². The first-order valence-corrected chi connectivity index (χ1v) is 11.8. The van der Waals surface area contributed by atoms with Crippen LogP contribution in [-0.2, 0) is 14.3 Å². The molecule has 2 aromatic rings. The number of carbonyl (C=O) groups excluding carboxylic acids is 2. The van der Waals surface area contributed by atoms with Crippen molar-refractivity contribution in [2.75, 3.05) is 26.9 Å². The number of nitrogens with zero attached hydrogens (tertiary/aromatic N) is 1. The Bertz CT molecular complexity index is 1040. The smallest absolute Gasteiger partial charge is 0.295 e. The molecule has 1 amide bonds. The van der Waals surface area contributed by atoms with Gasteiger partial charge < -0.3 is 19.5 Å². The first kappa shape index (κ1) is 25.5. The van der Waals surface area contributed by atoms with E-state index in [1.165, 1.54) is 4.90 Å². The van der Waals surface area contributed by atoms with Crippen molar-refractivity contribution in [3.05, 3.63) is 70.8 Å². The van der Waals surface area contributed by atoms with Crippen molar-refractivity contribution >= 4 is 17.4 Å². The van der Waals surface area contributed by atoms with Crippen LogP contribution >= 0.6 is 0 Å². The Morgan fingerprint density at radius 2 is 1.76 bits per heavy atom. The van der Waals surface area contributed by atoms with Gasteiger partial charge in [0.05, 0.1) is 18.2 Å². The summed E-state index contributed by atoms with van der Waals surface area (Å²) in [5.41, 5.74) is 2.49. The third-order valence-electron chi connectivity index (χ3n) is 5.90. The maximum atomic E-state index is 13.2. The van der Waals surface area contributed by atoms with Crippen LogP contribution in [-0.4, -0.2) is 48.6 Å². The summed E-state index contributed by atoms with van der Waals surface area (Å²) < 4.78 is 10.9. The van der Waals surface area contributed by atoms with E-state index in [1.807, 2.05) is 30.3 Å². The SMILES string of the molecule is COCCCN1C(=O)C(=O)/C(=C(\O)c2cccc(OCC(C)C)c2)C1c1ccc(C(C)C)cc1. The normalized spacial score (nSPS) is 17.7. The van der Waals surface area contributed by atoms with E-state index in [0.29, 0.717) is 49.3 Å². The molecule has 1 heterocycles. The molecule has 182 valence electrons. The molecule has 1 fully saturated rings. The molecule has 1 N–H and O–H groups in total. The third-order valence-corrected chi connectivity index (χ3v) is 5.90. The predicted molar refractivity (Wildman–Crippen MR) is 133 cm³/mol. The van der Waals surface area contributed by atoms with E-state index in [9.17, 15) is 14.7 Å². The number of ketones is 1. The van der Waals surface area contributed by atoms with Gasteiger partial charge in [0.2, 0.25) is 0 Å². The summed E-state index contributed by atoms with van der Waals surface area (Å²) in [6.07, 6.45) is 0.586. The van der Waals surface area contributed by atoms with Crippen molar-refractivity contribution in [1.82, 2.24) is 4.90 Å². The van der Waals surface area contributed by atoms with Gasteiger partial charge >= 0.3 is 0 Å². The second-order valence-corrected chi connectivity index (χ2v) is 9.39. The Labute approximate surface area is 202 Å². The van der Waals surface area contributed by atoms with Crippen LogP contribution in [0.1, 0.15) is 62.8 Å². The Balaban J connectivity index is 2.06. The zero-order chi connectivity index (χ0) is 24.8. The van der Waals surface area contributed by atoms with Crippen molar-refractivity contribution in [1.29, 1.82) is 0 Å². The standard InChI is InChI=1S/C28H35NO5/c1-18(2)17-34-23-9-6-8-22(16-23)26(30)24-25(21-12-10-20(11-13-21)19(3)4)29(14-7-15-33-5)28(32)27(24)31/h6,8-13,16,18-19,25,30H,7,14-15,17H2,1-5H3/b26-24-. The summed E-state index contributed by atoms with van der Waals surface area (Å²) in [5, 5.41) is 11.3. The lowest BCUT2D eigenvalue weighted by molar-refractivity contribution is -0.140. The highest BCUT2D eigenvalue weighted by molar-refractivity contribution is 6.46. The summed E-state index contributed by atoms with van der Waals surface area (Å²) >= 11 is 0. The molecule has 0 bridgehead atoms. The molecule has 1 atom stereocenters. The third kappa shape index (κ3) is 5.68. The van der Waals surface area contributed by atoms with Crippen LogP contribution < -0.4 is 4.74 Å².